The number of carbonyl (C=O) groups is 5. The molecule has 0 aliphatic carbocycles. The van der Waals surface area contributed by atoms with Crippen LogP contribution in [0.25, 0.3) is 0 Å². The standard InChI is InChI=1S/C16H24O11/c1-8(18)23-7-14(25-10(3)20)16(27-12(5)22)15(26-11(4)21)13(6-17)24-9(2)19/h13-17H,6-7H2,1-5H3/t13-,14+,15-,16-/m1/s1. The highest BCUT2D eigenvalue weighted by molar-refractivity contribution is 5.69. The van der Waals surface area contributed by atoms with Gasteiger partial charge in [0.25, 0.3) is 0 Å². The Kier molecular flexibility index (Phi) is 10.7. The summed E-state index contributed by atoms with van der Waals surface area (Å²) < 4.78 is 24.9. The third-order valence-corrected chi connectivity index (χ3v) is 2.93. The fraction of sp³-hybridized carbons (Fsp3) is 0.688. The van der Waals surface area contributed by atoms with E-state index < -0.39 is 67.5 Å². The molecule has 0 aromatic carbocycles. The van der Waals surface area contributed by atoms with Gasteiger partial charge in [-0.2, -0.15) is 0 Å². The molecule has 0 aromatic rings. The summed E-state index contributed by atoms with van der Waals surface area (Å²) in [5.41, 5.74) is 0. The summed E-state index contributed by atoms with van der Waals surface area (Å²) in [7, 11) is 0. The molecule has 27 heavy (non-hydrogen) atoms. The highest BCUT2D eigenvalue weighted by Crippen LogP contribution is 2.20. The normalized spacial score (nSPS) is 14.7. The Balaban J connectivity index is 5.96. The fourth-order valence-electron chi connectivity index (χ4n) is 2.12. The molecule has 0 saturated carbocycles. The number of hydrogen-bond acceptors (Lipinski definition) is 11. The first-order valence-electron chi connectivity index (χ1n) is 7.91. The summed E-state index contributed by atoms with van der Waals surface area (Å²) in [6.07, 6.45) is -5.92. The van der Waals surface area contributed by atoms with Gasteiger partial charge >= 0.3 is 29.8 Å². The van der Waals surface area contributed by atoms with Crippen molar-refractivity contribution in [1.29, 1.82) is 0 Å². The molecule has 0 bridgehead atoms. The lowest BCUT2D eigenvalue weighted by Crippen LogP contribution is -2.54. The van der Waals surface area contributed by atoms with Crippen LogP contribution in [-0.2, 0) is 47.7 Å². The highest BCUT2D eigenvalue weighted by Gasteiger charge is 2.43. The van der Waals surface area contributed by atoms with Gasteiger partial charge in [0.1, 0.15) is 6.61 Å². The predicted molar refractivity (Wildman–Crippen MR) is 85.9 cm³/mol. The van der Waals surface area contributed by atoms with Crippen molar-refractivity contribution in [3.05, 3.63) is 0 Å². The van der Waals surface area contributed by atoms with Crippen molar-refractivity contribution in [2.45, 2.75) is 59.0 Å². The zero-order valence-electron chi connectivity index (χ0n) is 15.8. The molecule has 0 aromatic heterocycles. The Morgan fingerprint density at radius 1 is 0.630 bits per heavy atom. The molecule has 11 nitrogen and oxygen atoms in total. The summed E-state index contributed by atoms with van der Waals surface area (Å²) in [5.74, 6) is -4.03. The second-order valence-corrected chi connectivity index (χ2v) is 5.43. The molecule has 0 heterocycles. The van der Waals surface area contributed by atoms with Crippen molar-refractivity contribution in [3.8, 4) is 0 Å². The van der Waals surface area contributed by atoms with Gasteiger partial charge in [0.15, 0.2) is 24.4 Å². The molecule has 0 unspecified atom stereocenters. The molecule has 11 heteroatoms. The first-order valence-corrected chi connectivity index (χ1v) is 7.91. The minimum atomic E-state index is -1.54. The number of aliphatic hydroxyl groups is 1. The SMILES string of the molecule is CC(=O)OC[C@H](OC(C)=O)[C@@H](OC(C)=O)[C@H](OC(C)=O)[C@@H](CO)OC(C)=O. The van der Waals surface area contributed by atoms with Gasteiger partial charge in [0, 0.05) is 34.6 Å². The molecule has 0 rings (SSSR count). The average Bonchev–Trinajstić information content (AvgIpc) is 2.51. The Labute approximate surface area is 155 Å². The van der Waals surface area contributed by atoms with Gasteiger partial charge in [-0.05, 0) is 0 Å². The summed E-state index contributed by atoms with van der Waals surface area (Å²) in [5, 5.41) is 9.52. The molecule has 0 aliphatic heterocycles. The molecule has 0 amide bonds. The van der Waals surface area contributed by atoms with Gasteiger partial charge in [0.2, 0.25) is 0 Å². The van der Waals surface area contributed by atoms with Crippen molar-refractivity contribution in [3.63, 3.8) is 0 Å². The lowest BCUT2D eigenvalue weighted by atomic mass is 10.0. The van der Waals surface area contributed by atoms with E-state index in [2.05, 4.69) is 0 Å². The van der Waals surface area contributed by atoms with E-state index in [-0.39, 0.29) is 0 Å². The molecular weight excluding hydrogens is 368 g/mol. The monoisotopic (exact) mass is 392 g/mol. The van der Waals surface area contributed by atoms with Gasteiger partial charge < -0.3 is 28.8 Å². The number of rotatable bonds is 10. The fourth-order valence-corrected chi connectivity index (χ4v) is 2.12. The Morgan fingerprint density at radius 2 is 1.00 bits per heavy atom. The van der Waals surface area contributed by atoms with E-state index in [0.29, 0.717) is 0 Å². The van der Waals surface area contributed by atoms with Crippen LogP contribution in [0.15, 0.2) is 0 Å². The summed E-state index contributed by atoms with van der Waals surface area (Å²) in [6, 6.07) is 0. The highest BCUT2D eigenvalue weighted by atomic mass is 16.6. The van der Waals surface area contributed by atoms with Crippen molar-refractivity contribution in [2.24, 2.45) is 0 Å². The molecule has 0 saturated heterocycles. The molecule has 0 spiro atoms. The second-order valence-electron chi connectivity index (χ2n) is 5.43. The third kappa shape index (κ3) is 10.1. The van der Waals surface area contributed by atoms with E-state index in [1.165, 1.54) is 0 Å². The third-order valence-electron chi connectivity index (χ3n) is 2.93. The van der Waals surface area contributed by atoms with Crippen molar-refractivity contribution in [2.75, 3.05) is 13.2 Å². The minimum Gasteiger partial charge on any atom is -0.462 e. The summed E-state index contributed by atoms with van der Waals surface area (Å²) in [6.45, 7) is 3.95. The lowest BCUT2D eigenvalue weighted by molar-refractivity contribution is -0.205. The number of ether oxygens (including phenoxy) is 5. The Hall–Kier alpha value is -2.69. The smallest absolute Gasteiger partial charge is 0.303 e. The Morgan fingerprint density at radius 3 is 1.33 bits per heavy atom. The number of hydrogen-bond donors (Lipinski definition) is 1. The van der Waals surface area contributed by atoms with Crippen LogP contribution < -0.4 is 0 Å². The topological polar surface area (TPSA) is 152 Å². The van der Waals surface area contributed by atoms with Crippen LogP contribution in [0, 0.1) is 0 Å². The van der Waals surface area contributed by atoms with E-state index >= 15 is 0 Å². The van der Waals surface area contributed by atoms with Crippen LogP contribution in [0.1, 0.15) is 34.6 Å². The zero-order chi connectivity index (χ0) is 21.1. The molecule has 0 fully saturated rings. The maximum Gasteiger partial charge on any atom is 0.303 e. The number of aliphatic hydroxyl groups excluding tert-OH is 1. The van der Waals surface area contributed by atoms with Crippen LogP contribution in [0.2, 0.25) is 0 Å². The first kappa shape index (κ1) is 24.3. The number of esters is 5. The van der Waals surface area contributed by atoms with E-state index in [1.54, 1.807) is 0 Å². The quantitative estimate of drug-likeness (QED) is 0.370. The van der Waals surface area contributed by atoms with Crippen LogP contribution in [0.4, 0.5) is 0 Å². The maximum absolute atomic E-state index is 11.5. The van der Waals surface area contributed by atoms with Gasteiger partial charge in [-0.25, -0.2) is 0 Å². The van der Waals surface area contributed by atoms with Gasteiger partial charge in [-0.15, -0.1) is 0 Å². The van der Waals surface area contributed by atoms with E-state index in [0.717, 1.165) is 34.6 Å². The minimum absolute atomic E-state index is 0.539. The van der Waals surface area contributed by atoms with Gasteiger partial charge in [0.05, 0.1) is 6.61 Å². The molecule has 1 N–H and O–H groups in total. The lowest BCUT2D eigenvalue weighted by Gasteiger charge is -2.34. The van der Waals surface area contributed by atoms with Crippen LogP contribution in [0.5, 0.6) is 0 Å². The largest absolute Gasteiger partial charge is 0.462 e. The Bertz CT molecular complexity index is 557. The molecule has 4 atom stereocenters. The second kappa shape index (κ2) is 11.8. The molecule has 0 radical (unpaired) electrons. The van der Waals surface area contributed by atoms with Crippen molar-refractivity contribution in [1.82, 2.24) is 0 Å². The summed E-state index contributed by atoms with van der Waals surface area (Å²) in [4.78, 5) is 56.8. The van der Waals surface area contributed by atoms with Gasteiger partial charge in [-0.1, -0.05) is 0 Å². The molecular formula is C16H24O11. The van der Waals surface area contributed by atoms with Crippen molar-refractivity contribution >= 4 is 29.8 Å². The first-order chi connectivity index (χ1) is 12.5. The van der Waals surface area contributed by atoms with Crippen molar-refractivity contribution < 1.29 is 52.8 Å². The average molecular weight is 392 g/mol. The van der Waals surface area contributed by atoms with Gasteiger partial charge in [-0.3, -0.25) is 24.0 Å². The van der Waals surface area contributed by atoms with E-state index in [4.69, 9.17) is 23.7 Å². The molecule has 0 aliphatic rings. The molecule has 154 valence electrons. The predicted octanol–water partition coefficient (Wildman–Crippen LogP) is -0.731. The number of carbonyl (C=O) groups excluding carboxylic acids is 5. The van der Waals surface area contributed by atoms with E-state index in [9.17, 15) is 29.1 Å². The zero-order valence-corrected chi connectivity index (χ0v) is 15.8. The van der Waals surface area contributed by atoms with Crippen LogP contribution in [0.3, 0.4) is 0 Å². The van der Waals surface area contributed by atoms with Crippen LogP contribution in [-0.4, -0.2) is 72.6 Å². The maximum atomic E-state index is 11.5. The van der Waals surface area contributed by atoms with Crippen LogP contribution >= 0.6 is 0 Å². The summed E-state index contributed by atoms with van der Waals surface area (Å²) >= 11 is 0. The van der Waals surface area contributed by atoms with E-state index in [1.807, 2.05) is 0 Å².